The van der Waals surface area contributed by atoms with E-state index in [9.17, 15) is 23.1 Å². The number of aromatic hydroxyl groups is 1. The van der Waals surface area contributed by atoms with Gasteiger partial charge in [0.05, 0.1) is 28.0 Å². The Bertz CT molecular complexity index is 1210. The number of benzene rings is 2. The summed E-state index contributed by atoms with van der Waals surface area (Å²) in [7, 11) is 0. The van der Waals surface area contributed by atoms with E-state index in [4.69, 9.17) is 9.15 Å². The topological polar surface area (TPSA) is 64.1 Å². The van der Waals surface area contributed by atoms with E-state index in [-0.39, 0.29) is 40.6 Å². The Hall–Kier alpha value is -2.52. The summed E-state index contributed by atoms with van der Waals surface area (Å²) >= 11 is 3.21. The van der Waals surface area contributed by atoms with Crippen LogP contribution in [0.3, 0.4) is 0 Å². The van der Waals surface area contributed by atoms with E-state index in [2.05, 4.69) is 22.9 Å². The molecule has 0 radical (unpaired) electrons. The predicted molar refractivity (Wildman–Crippen MR) is 116 cm³/mol. The van der Waals surface area contributed by atoms with Gasteiger partial charge in [-0.1, -0.05) is 12.1 Å². The van der Waals surface area contributed by atoms with Crippen molar-refractivity contribution in [1.82, 2.24) is 0 Å². The molecular formula is C23H22BrF3NO4+. The lowest BCUT2D eigenvalue weighted by Crippen LogP contribution is -3.14. The van der Waals surface area contributed by atoms with Crippen molar-refractivity contribution in [3.8, 4) is 17.2 Å². The molecule has 1 aliphatic heterocycles. The third kappa shape index (κ3) is 4.36. The first-order chi connectivity index (χ1) is 15.2. The molecule has 4 rings (SSSR count). The first kappa shape index (κ1) is 22.7. The summed E-state index contributed by atoms with van der Waals surface area (Å²) in [5.74, 6) is -2.61. The maximum atomic E-state index is 13.9. The van der Waals surface area contributed by atoms with Crippen LogP contribution < -0.4 is 15.1 Å². The average molecular weight is 513 g/mol. The molecule has 2 aromatic carbocycles. The zero-order valence-electron chi connectivity index (χ0n) is 17.3. The van der Waals surface area contributed by atoms with Crippen molar-refractivity contribution in [2.24, 2.45) is 0 Å². The fourth-order valence-corrected chi connectivity index (χ4v) is 4.48. The molecule has 32 heavy (non-hydrogen) atoms. The number of hydrogen-bond acceptors (Lipinski definition) is 4. The molecule has 0 amide bonds. The number of ether oxygens (including phenoxy) is 1. The molecule has 3 aromatic rings. The van der Waals surface area contributed by atoms with Gasteiger partial charge in [0.1, 0.15) is 18.0 Å². The zero-order chi connectivity index (χ0) is 23.0. The maximum Gasteiger partial charge on any atom is 0.453 e. The van der Waals surface area contributed by atoms with E-state index in [1.54, 1.807) is 18.2 Å². The van der Waals surface area contributed by atoms with Gasteiger partial charge >= 0.3 is 6.18 Å². The molecule has 1 aromatic heterocycles. The highest BCUT2D eigenvalue weighted by Gasteiger charge is 2.41. The summed E-state index contributed by atoms with van der Waals surface area (Å²) in [4.78, 5) is 14.3. The Morgan fingerprint density at radius 2 is 1.97 bits per heavy atom. The molecule has 2 atom stereocenters. The minimum Gasteiger partial charge on any atom is -0.507 e. The molecule has 0 saturated carbocycles. The van der Waals surface area contributed by atoms with Crippen LogP contribution in [0.25, 0.3) is 11.0 Å². The van der Waals surface area contributed by atoms with Gasteiger partial charge in [-0.25, -0.2) is 0 Å². The van der Waals surface area contributed by atoms with Gasteiger partial charge in [-0.05, 0) is 66.4 Å². The Morgan fingerprint density at radius 1 is 1.22 bits per heavy atom. The highest BCUT2D eigenvalue weighted by molar-refractivity contribution is 9.10. The minimum atomic E-state index is -4.97. The molecule has 1 aliphatic rings. The smallest absolute Gasteiger partial charge is 0.453 e. The summed E-state index contributed by atoms with van der Waals surface area (Å²) < 4.78 is 52.9. The number of alkyl halides is 3. The van der Waals surface area contributed by atoms with Crippen LogP contribution in [0, 0.1) is 0 Å². The van der Waals surface area contributed by atoms with E-state index in [0.717, 1.165) is 30.7 Å². The Balaban J connectivity index is 1.89. The number of fused-ring (bicyclic) bond motifs is 1. The third-order valence-corrected chi connectivity index (χ3v) is 6.54. The number of likely N-dealkylation sites (tertiary alicyclic amines) is 1. The molecule has 2 heterocycles. The summed E-state index contributed by atoms with van der Waals surface area (Å²) in [5, 5.41) is 10.4. The standard InChI is InChI=1S/C23H21BrF3NO4/c1-13-6-4-5-11-28(13)12-15-17(29)10-9-14-19(30)21(22(23(25,26)27)32-20(14)15)31-18-8-3-2-7-16(18)24/h2-3,7-10,13,29H,4-6,11-12H2,1H3/p+1/t13-/m1/s1. The van der Waals surface area contributed by atoms with Crippen molar-refractivity contribution < 1.29 is 32.3 Å². The van der Waals surface area contributed by atoms with Crippen molar-refractivity contribution in [2.45, 2.75) is 44.9 Å². The molecular weight excluding hydrogens is 491 g/mol. The molecule has 1 unspecified atom stereocenters. The summed E-state index contributed by atoms with van der Waals surface area (Å²) in [5.41, 5.74) is -1.01. The Morgan fingerprint density at radius 3 is 2.66 bits per heavy atom. The van der Waals surface area contributed by atoms with Crippen molar-refractivity contribution in [2.75, 3.05) is 6.54 Å². The molecule has 9 heteroatoms. The number of phenolic OH excluding ortho intramolecular Hbond substituents is 1. The molecule has 0 aliphatic carbocycles. The van der Waals surface area contributed by atoms with Crippen LogP contribution in [0.4, 0.5) is 13.2 Å². The zero-order valence-corrected chi connectivity index (χ0v) is 18.8. The third-order valence-electron chi connectivity index (χ3n) is 5.89. The molecule has 5 nitrogen and oxygen atoms in total. The van der Waals surface area contributed by atoms with Crippen LogP contribution >= 0.6 is 15.9 Å². The van der Waals surface area contributed by atoms with Gasteiger partial charge in [0.25, 0.3) is 5.76 Å². The normalized spacial score (nSPS) is 19.3. The van der Waals surface area contributed by atoms with Crippen molar-refractivity contribution in [3.05, 3.63) is 62.4 Å². The highest BCUT2D eigenvalue weighted by Crippen LogP contribution is 2.40. The Kier molecular flexibility index (Phi) is 6.22. The highest BCUT2D eigenvalue weighted by atomic mass is 79.9. The second-order valence-corrected chi connectivity index (χ2v) is 8.90. The van der Waals surface area contributed by atoms with Crippen LogP contribution in [-0.4, -0.2) is 17.7 Å². The molecule has 1 fully saturated rings. The summed E-state index contributed by atoms with van der Waals surface area (Å²) in [6, 6.07) is 9.14. The van der Waals surface area contributed by atoms with E-state index in [1.165, 1.54) is 18.2 Å². The molecule has 170 valence electrons. The van der Waals surface area contributed by atoms with Crippen LogP contribution in [0.5, 0.6) is 17.2 Å². The van der Waals surface area contributed by atoms with Gasteiger partial charge in [-0.2, -0.15) is 13.2 Å². The van der Waals surface area contributed by atoms with Crippen LogP contribution in [0.15, 0.2) is 50.1 Å². The maximum absolute atomic E-state index is 13.9. The monoisotopic (exact) mass is 512 g/mol. The number of phenols is 1. The number of piperidine rings is 1. The average Bonchev–Trinajstić information content (AvgIpc) is 2.74. The Labute approximate surface area is 190 Å². The lowest BCUT2D eigenvalue weighted by atomic mass is 10.0. The summed E-state index contributed by atoms with van der Waals surface area (Å²) in [6.45, 7) is 3.16. The van der Waals surface area contributed by atoms with Crippen LogP contribution in [0.1, 0.15) is 37.5 Å². The second-order valence-electron chi connectivity index (χ2n) is 8.04. The summed E-state index contributed by atoms with van der Waals surface area (Å²) in [6.07, 6.45) is -1.90. The first-order valence-corrected chi connectivity index (χ1v) is 11.1. The number of nitrogens with one attached hydrogen (secondary N) is 1. The van der Waals surface area contributed by atoms with E-state index >= 15 is 0 Å². The molecule has 1 saturated heterocycles. The van der Waals surface area contributed by atoms with Gasteiger partial charge in [0, 0.05) is 0 Å². The number of hydrogen-bond donors (Lipinski definition) is 2. The second kappa shape index (κ2) is 8.78. The predicted octanol–water partition coefficient (Wildman–Crippen LogP) is 5.03. The minimum absolute atomic E-state index is 0.0511. The SMILES string of the molecule is C[C@@H]1CCCC[NH+]1Cc1c(O)ccc2c(=O)c(Oc3ccccc3Br)c(C(F)(F)F)oc12. The fraction of sp³-hybridized carbons (Fsp3) is 0.348. The first-order valence-electron chi connectivity index (χ1n) is 10.3. The lowest BCUT2D eigenvalue weighted by molar-refractivity contribution is -0.941. The molecule has 0 bridgehead atoms. The van der Waals surface area contributed by atoms with Gasteiger partial charge in [-0.3, -0.25) is 4.79 Å². The van der Waals surface area contributed by atoms with Crippen molar-refractivity contribution >= 4 is 26.9 Å². The quantitative estimate of drug-likeness (QED) is 0.514. The fourth-order valence-electron chi connectivity index (χ4n) is 4.12. The van der Waals surface area contributed by atoms with Crippen molar-refractivity contribution in [3.63, 3.8) is 0 Å². The van der Waals surface area contributed by atoms with Gasteiger partial charge in [0.2, 0.25) is 11.2 Å². The van der Waals surface area contributed by atoms with Gasteiger partial charge < -0.3 is 19.2 Å². The van der Waals surface area contributed by atoms with Crippen LogP contribution in [0.2, 0.25) is 0 Å². The van der Waals surface area contributed by atoms with E-state index in [0.29, 0.717) is 4.47 Å². The van der Waals surface area contributed by atoms with E-state index in [1.807, 2.05) is 0 Å². The number of rotatable bonds is 4. The number of halogens is 4. The van der Waals surface area contributed by atoms with E-state index < -0.39 is 23.1 Å². The number of para-hydroxylation sites is 1. The molecule has 2 N–H and O–H groups in total. The van der Waals surface area contributed by atoms with Crippen molar-refractivity contribution in [1.29, 1.82) is 0 Å². The lowest BCUT2D eigenvalue weighted by Gasteiger charge is -2.30. The largest absolute Gasteiger partial charge is 0.507 e. The molecule has 0 spiro atoms. The van der Waals surface area contributed by atoms with Gasteiger partial charge in [-0.15, -0.1) is 0 Å². The van der Waals surface area contributed by atoms with Crippen LogP contribution in [-0.2, 0) is 12.7 Å². The van der Waals surface area contributed by atoms with Gasteiger partial charge in [0.15, 0.2) is 5.58 Å². The number of quaternary nitrogens is 1.